The minimum atomic E-state index is -0.905. The monoisotopic (exact) mass is 201 g/mol. The van der Waals surface area contributed by atoms with E-state index in [9.17, 15) is 9.59 Å². The largest absolute Gasteiger partial charge is 0.342 e. The predicted octanol–water partition coefficient (Wildman–Crippen LogP) is -1.92. The summed E-state index contributed by atoms with van der Waals surface area (Å²) in [5.74, 6) is 8.54. The second-order valence-corrected chi connectivity index (χ2v) is 3.14. The maximum absolute atomic E-state index is 11.2. The Kier molecular flexibility index (Phi) is 3.81. The van der Waals surface area contributed by atoms with Crippen molar-refractivity contribution in [2.24, 2.45) is 11.7 Å². The van der Waals surface area contributed by atoms with Crippen LogP contribution in [0.25, 0.3) is 0 Å². The fraction of sp³-hybridized carbons (Fsp3) is 0.714. The summed E-state index contributed by atoms with van der Waals surface area (Å²) >= 11 is 0. The van der Waals surface area contributed by atoms with Crippen molar-refractivity contribution in [2.75, 3.05) is 13.1 Å². The second kappa shape index (κ2) is 4.89. The molecule has 80 valence electrons. The maximum Gasteiger partial charge on any atom is 0.342 e. The molecule has 0 radical (unpaired) electrons. The van der Waals surface area contributed by atoms with Crippen molar-refractivity contribution in [2.45, 2.75) is 19.3 Å². The molecule has 0 saturated carbocycles. The van der Waals surface area contributed by atoms with E-state index in [1.54, 1.807) is 10.4 Å². The van der Waals surface area contributed by atoms with Crippen molar-refractivity contribution in [1.29, 1.82) is 0 Å². The molecule has 5 N–H and O–H groups in total. The van der Waals surface area contributed by atoms with Gasteiger partial charge in [-0.05, 0) is 12.8 Å². The van der Waals surface area contributed by atoms with Gasteiger partial charge in [0.15, 0.2) is 0 Å². The van der Waals surface area contributed by atoms with E-state index in [-0.39, 0.29) is 0 Å². The summed E-state index contributed by atoms with van der Waals surface area (Å²) in [4.78, 5) is 22.1. The molecule has 0 aromatic carbocycles. The van der Waals surface area contributed by atoms with E-state index in [4.69, 9.17) is 11.7 Å². The number of nitrogens with two attached hydrogens (primary N) is 2. The number of nitrogens with one attached hydrogen (secondary N) is 1. The van der Waals surface area contributed by atoms with Crippen LogP contribution >= 0.6 is 0 Å². The Hall–Kier alpha value is -1.18. The summed E-state index contributed by atoms with van der Waals surface area (Å²) in [6.45, 7) is 1.39. The van der Waals surface area contributed by atoms with Crippen LogP contribution in [0.3, 0.4) is 0 Å². The first kappa shape index (κ1) is 10.9. The summed E-state index contributed by atoms with van der Waals surface area (Å²) in [6, 6.07) is 0. The van der Waals surface area contributed by atoms with Crippen molar-refractivity contribution in [1.82, 2.24) is 15.6 Å². The highest BCUT2D eigenvalue weighted by Gasteiger charge is 2.24. The van der Waals surface area contributed by atoms with Crippen LogP contribution in [0.5, 0.6) is 0 Å². The molecule has 14 heavy (non-hydrogen) atoms. The van der Waals surface area contributed by atoms with E-state index >= 15 is 0 Å². The number of carbonyl (C=O) groups excluding carboxylic acids is 2. The maximum atomic E-state index is 11.2. The molecular weight excluding hydrogens is 186 g/mol. The van der Waals surface area contributed by atoms with Crippen LogP contribution in [-0.4, -0.2) is 35.0 Å². The third-order valence-corrected chi connectivity index (χ3v) is 2.17. The van der Waals surface area contributed by atoms with Gasteiger partial charge in [0.1, 0.15) is 0 Å². The lowest BCUT2D eigenvalue weighted by molar-refractivity contribution is -0.160. The number of carbonyl (C=O) groups is 2. The molecule has 0 aromatic rings. The van der Waals surface area contributed by atoms with Gasteiger partial charge in [0.25, 0.3) is 0 Å². The first-order valence-corrected chi connectivity index (χ1v) is 4.51. The highest BCUT2D eigenvalue weighted by molar-refractivity contribution is 6.34. The third kappa shape index (κ3) is 2.41. The molecule has 2 amide bonds. The van der Waals surface area contributed by atoms with Gasteiger partial charge in [0.05, 0.1) is 0 Å². The highest BCUT2D eigenvalue weighted by atomic mass is 16.2. The molecule has 1 fully saturated rings. The molecule has 0 aliphatic carbocycles. The number of hydrazine groups is 3. The molecule has 0 aromatic heterocycles. The normalized spacial score (nSPS) is 17.6. The zero-order valence-electron chi connectivity index (χ0n) is 7.90. The summed E-state index contributed by atoms with van der Waals surface area (Å²) in [7, 11) is 0. The van der Waals surface area contributed by atoms with Crippen LogP contribution in [0.2, 0.25) is 0 Å². The molecule has 7 heteroatoms. The second-order valence-electron chi connectivity index (χ2n) is 3.14. The molecule has 1 aliphatic rings. The van der Waals surface area contributed by atoms with Crippen molar-refractivity contribution >= 4 is 11.8 Å². The molecule has 0 unspecified atom stereocenters. The van der Waals surface area contributed by atoms with Crippen LogP contribution in [0.15, 0.2) is 0 Å². The Morgan fingerprint density at radius 3 is 2.29 bits per heavy atom. The fourth-order valence-corrected chi connectivity index (χ4v) is 1.39. The molecule has 1 rings (SSSR count). The van der Waals surface area contributed by atoms with E-state index in [2.05, 4.69) is 0 Å². The van der Waals surface area contributed by atoms with E-state index in [1.165, 1.54) is 0 Å². The van der Waals surface area contributed by atoms with Crippen LogP contribution < -0.4 is 17.1 Å². The lowest BCUT2D eigenvalue weighted by Gasteiger charge is -2.32. The van der Waals surface area contributed by atoms with Crippen molar-refractivity contribution in [3.05, 3.63) is 0 Å². The Balaban J connectivity index is 2.50. The van der Waals surface area contributed by atoms with Gasteiger partial charge in [-0.25, -0.2) is 16.7 Å². The zero-order chi connectivity index (χ0) is 10.6. The van der Waals surface area contributed by atoms with Gasteiger partial charge >= 0.3 is 11.8 Å². The lowest BCUT2D eigenvalue weighted by atomic mass is 10.2. The Morgan fingerprint density at radius 2 is 1.79 bits per heavy atom. The summed E-state index contributed by atoms with van der Waals surface area (Å²) in [5, 5.41) is 2.47. The number of amides is 2. The quantitative estimate of drug-likeness (QED) is 0.198. The minimum Gasteiger partial charge on any atom is -0.286 e. The Morgan fingerprint density at radius 1 is 1.21 bits per heavy atom. The highest BCUT2D eigenvalue weighted by Crippen LogP contribution is 2.09. The van der Waals surface area contributed by atoms with E-state index in [0.717, 1.165) is 24.4 Å². The van der Waals surface area contributed by atoms with Gasteiger partial charge < -0.3 is 0 Å². The van der Waals surface area contributed by atoms with E-state index in [1.807, 2.05) is 0 Å². The van der Waals surface area contributed by atoms with Gasteiger partial charge in [-0.3, -0.25) is 15.0 Å². The average molecular weight is 201 g/mol. The first-order valence-electron chi connectivity index (χ1n) is 4.51. The topological polar surface area (TPSA) is 105 Å². The predicted molar refractivity (Wildman–Crippen MR) is 48.8 cm³/mol. The van der Waals surface area contributed by atoms with E-state index in [0.29, 0.717) is 13.1 Å². The summed E-state index contributed by atoms with van der Waals surface area (Å²) in [6.07, 6.45) is 3.08. The van der Waals surface area contributed by atoms with Crippen LogP contribution in [0, 0.1) is 0 Å². The molecule has 1 aliphatic heterocycles. The molecular formula is C7H15N5O2. The number of rotatable bonds is 1. The fourth-order valence-electron chi connectivity index (χ4n) is 1.39. The van der Waals surface area contributed by atoms with Gasteiger partial charge in [0.2, 0.25) is 0 Å². The van der Waals surface area contributed by atoms with Crippen LogP contribution in [0.4, 0.5) is 0 Å². The van der Waals surface area contributed by atoms with Crippen molar-refractivity contribution < 1.29 is 9.59 Å². The van der Waals surface area contributed by atoms with Gasteiger partial charge in [0, 0.05) is 13.1 Å². The Labute approximate surface area is 81.9 Å². The standard InChI is InChI=1S/C7H15N5O2/c8-10-6(13)7(14)12(9)11-4-2-1-3-5-11/h1-5,8-9H2,(H,10,13). The van der Waals surface area contributed by atoms with Gasteiger partial charge in [-0.15, -0.1) is 0 Å². The smallest absolute Gasteiger partial charge is 0.286 e. The average Bonchev–Trinajstić information content (AvgIpc) is 2.27. The lowest BCUT2D eigenvalue weighted by Crippen LogP contribution is -2.57. The SMILES string of the molecule is NNC(=O)C(=O)N(N)N1CCCCC1. The Bertz CT molecular complexity index is 226. The van der Waals surface area contributed by atoms with Crippen molar-refractivity contribution in [3.63, 3.8) is 0 Å². The van der Waals surface area contributed by atoms with Crippen molar-refractivity contribution in [3.8, 4) is 0 Å². The third-order valence-electron chi connectivity index (χ3n) is 2.17. The number of nitrogens with zero attached hydrogens (tertiary/aromatic N) is 2. The number of hydrogen-bond acceptors (Lipinski definition) is 5. The van der Waals surface area contributed by atoms with E-state index < -0.39 is 11.8 Å². The molecule has 0 spiro atoms. The summed E-state index contributed by atoms with van der Waals surface area (Å²) in [5.41, 5.74) is 1.75. The molecule has 0 bridgehead atoms. The summed E-state index contributed by atoms with van der Waals surface area (Å²) < 4.78 is 0. The van der Waals surface area contributed by atoms with Gasteiger partial charge in [-0.1, -0.05) is 6.42 Å². The number of hydrogen-bond donors (Lipinski definition) is 3. The molecule has 0 atom stereocenters. The minimum absolute atomic E-state index is 0.695. The zero-order valence-corrected chi connectivity index (χ0v) is 7.90. The van der Waals surface area contributed by atoms with Crippen LogP contribution in [-0.2, 0) is 9.59 Å². The van der Waals surface area contributed by atoms with Crippen LogP contribution in [0.1, 0.15) is 19.3 Å². The molecule has 7 nitrogen and oxygen atoms in total. The molecule has 1 heterocycles. The first-order chi connectivity index (χ1) is 6.66. The molecule has 1 saturated heterocycles. The van der Waals surface area contributed by atoms with Gasteiger partial charge in [-0.2, -0.15) is 5.12 Å². The number of piperidine rings is 1.